The quantitative estimate of drug-likeness (QED) is 0.0193. The SMILES string of the molecule is CCCCCCCC/C=C\CCCCCCCCNC(=O)CCCCCOC(=O)CCC.CCCCCCCC/C=C\CCCCCCCCNC(=O)CCCCCOC(=O)CCCCCCCCCCC.CCCCCCCCCCCCNC(=O)CCCCCOC(=O)CCCCCCCCCCC.CCCCCCCCCCCCNC(=O)CCCCCOC(C)=O. The lowest BCUT2D eigenvalue weighted by molar-refractivity contribution is -0.144. The van der Waals surface area contributed by atoms with Crippen LogP contribution in [-0.2, 0) is 57.3 Å². The number of unbranched alkanes of at least 4 members (excludes halogenated alkanes) is 66. The molecule has 0 aliphatic rings. The Bertz CT molecular complexity index is 2390. The van der Waals surface area contributed by atoms with Crippen molar-refractivity contribution < 1.29 is 57.3 Å². The van der Waals surface area contributed by atoms with Crippen molar-refractivity contribution in [2.45, 2.75) is 608 Å². The highest BCUT2D eigenvalue weighted by molar-refractivity contribution is 5.77. The van der Waals surface area contributed by atoms with Crippen molar-refractivity contribution >= 4 is 47.5 Å². The Hall–Kier alpha value is -4.76. The van der Waals surface area contributed by atoms with Crippen molar-refractivity contribution in [2.24, 2.45) is 0 Å². The standard InChI is InChI=1S/C36H69NO3.C30H59NO3.C28H53NO3.C20H39NO3/c1-3-5-7-9-11-13-14-15-16-17-18-19-21-23-25-29-33-37-35(38)31-27-26-30-34-40-36(39)32-28-24-22-20-12-10-8-6-4-2;1-3-5-7-9-11-13-15-17-19-23-27-31-29(32)25-21-20-24-28-34-30(33)26-22-18-16-14-12-10-8-6-4-2;1-3-5-6-7-8-9-10-11-12-13-14-15-16-17-18-21-25-29-27(30)24-20-19-22-26-32-28(31)23-4-2;1-3-4-5-6-7-8-9-10-11-14-17-21-20(23)16-13-12-15-18-24-19(2)22/h15-16H,3-14,17-34H2,1-2H3,(H,37,38);3-28H2,1-2H3,(H,31,32);11-12H,3-10,13-26H2,1-2H3,(H,29,30);3-18H2,1-2H3,(H,21,23)/b16-15-;;12-11-;. The number of esters is 4. The fourth-order valence-electron chi connectivity index (χ4n) is 15.8. The number of carbonyl (C=O) groups excluding carboxylic acids is 8. The van der Waals surface area contributed by atoms with Crippen molar-refractivity contribution in [3.63, 3.8) is 0 Å². The number of hydrogen-bond donors (Lipinski definition) is 4. The lowest BCUT2D eigenvalue weighted by Crippen LogP contribution is -2.24. The molecule has 16 nitrogen and oxygen atoms in total. The van der Waals surface area contributed by atoms with Gasteiger partial charge in [0.15, 0.2) is 0 Å². The highest BCUT2D eigenvalue weighted by Gasteiger charge is 2.10. The first kappa shape index (κ1) is 132. The van der Waals surface area contributed by atoms with E-state index in [0.29, 0.717) is 71.4 Å². The van der Waals surface area contributed by atoms with E-state index in [2.05, 4.69) is 87.1 Å². The summed E-state index contributed by atoms with van der Waals surface area (Å²) < 4.78 is 20.6. The molecule has 0 bridgehead atoms. The van der Waals surface area contributed by atoms with Crippen LogP contribution in [0.15, 0.2) is 24.3 Å². The number of rotatable bonds is 100. The maximum absolute atomic E-state index is 12.0. The summed E-state index contributed by atoms with van der Waals surface area (Å²) in [6, 6.07) is 0. The predicted octanol–water partition coefficient (Wildman–Crippen LogP) is 33.4. The zero-order valence-corrected chi connectivity index (χ0v) is 87.7. The van der Waals surface area contributed by atoms with Gasteiger partial charge in [-0.1, -0.05) is 407 Å². The first-order valence-corrected chi connectivity index (χ1v) is 56.7. The van der Waals surface area contributed by atoms with Crippen LogP contribution in [0.2, 0.25) is 0 Å². The van der Waals surface area contributed by atoms with E-state index in [1.54, 1.807) is 0 Å². The Morgan fingerprint density at radius 1 is 0.169 bits per heavy atom. The summed E-state index contributed by atoms with van der Waals surface area (Å²) in [6.07, 6.45) is 110. The fourth-order valence-corrected chi connectivity index (χ4v) is 15.8. The number of hydrogen-bond acceptors (Lipinski definition) is 12. The van der Waals surface area contributed by atoms with Gasteiger partial charge in [-0.25, -0.2) is 0 Å². The molecule has 130 heavy (non-hydrogen) atoms. The normalized spacial score (nSPS) is 11.1. The largest absolute Gasteiger partial charge is 0.466 e. The maximum atomic E-state index is 12.0. The summed E-state index contributed by atoms with van der Waals surface area (Å²) in [5.74, 6) is 0.172. The Morgan fingerprint density at radius 2 is 0.331 bits per heavy atom. The van der Waals surface area contributed by atoms with Gasteiger partial charge < -0.3 is 40.2 Å². The van der Waals surface area contributed by atoms with E-state index in [0.717, 1.165) is 161 Å². The first-order valence-electron chi connectivity index (χ1n) is 56.7. The molecule has 0 saturated heterocycles. The monoisotopic (exact) mass is 1840 g/mol. The summed E-state index contributed by atoms with van der Waals surface area (Å²) >= 11 is 0. The second-order valence-corrected chi connectivity index (χ2v) is 37.8. The number of carbonyl (C=O) groups is 8. The molecule has 0 aromatic heterocycles. The number of allylic oxidation sites excluding steroid dienone is 4. The van der Waals surface area contributed by atoms with Gasteiger partial charge in [0.1, 0.15) is 0 Å². The van der Waals surface area contributed by atoms with E-state index in [9.17, 15) is 38.4 Å². The average Bonchev–Trinajstić information content (AvgIpc) is 0.897. The molecule has 4 amide bonds. The molecule has 768 valence electrons. The van der Waals surface area contributed by atoms with Gasteiger partial charge in [-0.3, -0.25) is 38.4 Å². The van der Waals surface area contributed by atoms with Crippen molar-refractivity contribution in [2.75, 3.05) is 52.6 Å². The Labute approximate surface area is 806 Å². The second kappa shape index (κ2) is 120. The third-order valence-electron chi connectivity index (χ3n) is 24.4. The van der Waals surface area contributed by atoms with Gasteiger partial charge in [0.2, 0.25) is 23.6 Å². The highest BCUT2D eigenvalue weighted by atomic mass is 16.5. The third-order valence-corrected chi connectivity index (χ3v) is 24.4. The molecule has 0 rings (SSSR count). The molecule has 0 unspecified atom stereocenters. The zero-order valence-electron chi connectivity index (χ0n) is 87.7. The lowest BCUT2D eigenvalue weighted by atomic mass is 10.1. The second-order valence-electron chi connectivity index (χ2n) is 37.8. The van der Waals surface area contributed by atoms with Gasteiger partial charge in [-0.05, 0) is 173 Å². The summed E-state index contributed by atoms with van der Waals surface area (Å²) in [4.78, 5) is 92.8. The summed E-state index contributed by atoms with van der Waals surface area (Å²) in [5.41, 5.74) is 0. The van der Waals surface area contributed by atoms with Crippen LogP contribution < -0.4 is 21.3 Å². The zero-order chi connectivity index (χ0) is 95.6. The molecule has 0 radical (unpaired) electrons. The predicted molar refractivity (Wildman–Crippen MR) is 557 cm³/mol. The van der Waals surface area contributed by atoms with Crippen LogP contribution in [0.25, 0.3) is 0 Å². The number of ether oxygens (including phenoxy) is 4. The molecule has 4 N–H and O–H groups in total. The minimum absolute atomic E-state index is 0.0582. The van der Waals surface area contributed by atoms with Gasteiger partial charge in [-0.15, -0.1) is 0 Å². The van der Waals surface area contributed by atoms with E-state index in [1.165, 1.54) is 379 Å². The topological polar surface area (TPSA) is 222 Å². The van der Waals surface area contributed by atoms with Crippen LogP contribution >= 0.6 is 0 Å². The fraction of sp³-hybridized carbons (Fsp3) is 0.895. The van der Waals surface area contributed by atoms with E-state index in [4.69, 9.17) is 18.9 Å². The van der Waals surface area contributed by atoms with Gasteiger partial charge in [0.05, 0.1) is 26.4 Å². The van der Waals surface area contributed by atoms with Crippen molar-refractivity contribution in [1.82, 2.24) is 21.3 Å². The molecular weight excluding hydrogens is 1620 g/mol. The Balaban J connectivity index is -0.000000826. The molecule has 0 aromatic rings. The highest BCUT2D eigenvalue weighted by Crippen LogP contribution is 2.19. The van der Waals surface area contributed by atoms with Gasteiger partial charge in [0.25, 0.3) is 0 Å². The molecule has 0 heterocycles. The van der Waals surface area contributed by atoms with Crippen LogP contribution in [0.3, 0.4) is 0 Å². The number of nitrogens with one attached hydrogen (secondary N) is 4. The summed E-state index contributed by atoms with van der Waals surface area (Å²) in [7, 11) is 0. The molecule has 0 atom stereocenters. The van der Waals surface area contributed by atoms with Gasteiger partial charge in [-0.2, -0.15) is 0 Å². The number of amides is 4. The van der Waals surface area contributed by atoms with Crippen molar-refractivity contribution in [3.05, 3.63) is 24.3 Å². The average molecular weight is 1840 g/mol. The van der Waals surface area contributed by atoms with E-state index in [1.807, 2.05) is 6.92 Å². The van der Waals surface area contributed by atoms with E-state index in [-0.39, 0.29) is 47.5 Å². The van der Waals surface area contributed by atoms with Gasteiger partial charge in [0, 0.05) is 78.0 Å². The van der Waals surface area contributed by atoms with Crippen LogP contribution in [0.5, 0.6) is 0 Å². The molecule has 16 heteroatoms. The van der Waals surface area contributed by atoms with E-state index < -0.39 is 0 Å². The van der Waals surface area contributed by atoms with Crippen molar-refractivity contribution in [3.8, 4) is 0 Å². The van der Waals surface area contributed by atoms with Crippen LogP contribution in [-0.4, -0.2) is 100 Å². The first-order chi connectivity index (χ1) is 63.8. The Kier molecular flexibility index (Phi) is 122. The molecule has 0 fully saturated rings. The molecule has 0 saturated carbocycles. The molecule has 0 aliphatic heterocycles. The third kappa shape index (κ3) is 127. The van der Waals surface area contributed by atoms with Crippen LogP contribution in [0.4, 0.5) is 0 Å². The van der Waals surface area contributed by atoms with Gasteiger partial charge >= 0.3 is 23.9 Å². The molecule has 0 spiro atoms. The van der Waals surface area contributed by atoms with Crippen LogP contribution in [0.1, 0.15) is 608 Å². The molecular formula is C114H220N4O12. The smallest absolute Gasteiger partial charge is 0.305 e. The summed E-state index contributed by atoms with van der Waals surface area (Å²) in [6.45, 7) is 22.1. The lowest BCUT2D eigenvalue weighted by Gasteiger charge is -2.07. The molecule has 0 aliphatic carbocycles. The maximum Gasteiger partial charge on any atom is 0.305 e. The summed E-state index contributed by atoms with van der Waals surface area (Å²) in [5, 5.41) is 12.1. The minimum Gasteiger partial charge on any atom is -0.466 e. The van der Waals surface area contributed by atoms with E-state index >= 15 is 0 Å². The Morgan fingerprint density at radius 3 is 0.531 bits per heavy atom. The van der Waals surface area contributed by atoms with Crippen molar-refractivity contribution in [1.29, 1.82) is 0 Å². The molecule has 0 aromatic carbocycles. The minimum atomic E-state index is -0.232. The van der Waals surface area contributed by atoms with Crippen LogP contribution in [0, 0.1) is 0 Å².